The molecule has 2 fully saturated rings. The molecule has 3 atom stereocenters. The summed E-state index contributed by atoms with van der Waals surface area (Å²) in [6.45, 7) is 0. The second kappa shape index (κ2) is 3.52. The lowest BCUT2D eigenvalue weighted by Crippen LogP contribution is -2.21. The van der Waals surface area contributed by atoms with Crippen LogP contribution in [0.25, 0.3) is 0 Å². The van der Waals surface area contributed by atoms with Crippen LogP contribution < -0.4 is 5.73 Å². The van der Waals surface area contributed by atoms with E-state index in [9.17, 15) is 8.78 Å². The van der Waals surface area contributed by atoms with E-state index in [0.717, 1.165) is 30.7 Å². The third kappa shape index (κ3) is 1.63. The summed E-state index contributed by atoms with van der Waals surface area (Å²) >= 11 is 0. The molecule has 0 spiro atoms. The highest BCUT2D eigenvalue weighted by atomic mass is 19.1. The molecule has 0 bridgehead atoms. The molecule has 2 aliphatic rings. The number of benzene rings is 1. The van der Waals surface area contributed by atoms with E-state index in [4.69, 9.17) is 5.73 Å². The first kappa shape index (κ1) is 10.2. The molecule has 1 aromatic carbocycles. The normalized spacial score (nSPS) is 33.6. The van der Waals surface area contributed by atoms with E-state index in [-0.39, 0.29) is 11.9 Å². The maximum atomic E-state index is 13.5. The molecule has 0 radical (unpaired) electrons. The summed E-state index contributed by atoms with van der Waals surface area (Å²) in [6, 6.07) is 3.20. The predicted octanol–water partition coefficient (Wildman–Crippen LogP) is 3.01. The maximum absolute atomic E-state index is 13.5. The van der Waals surface area contributed by atoms with Crippen LogP contribution in [0.3, 0.4) is 0 Å². The highest BCUT2D eigenvalue weighted by molar-refractivity contribution is 5.23. The minimum atomic E-state index is -0.407. The molecule has 3 rings (SSSR count). The van der Waals surface area contributed by atoms with Crippen LogP contribution in [0.1, 0.15) is 30.9 Å². The summed E-state index contributed by atoms with van der Waals surface area (Å²) < 4.78 is 26.6. The Balaban J connectivity index is 1.82. The van der Waals surface area contributed by atoms with Gasteiger partial charge in [0.2, 0.25) is 0 Å². The fourth-order valence-electron chi connectivity index (χ4n) is 3.08. The number of fused-ring (bicyclic) bond motifs is 1. The molecule has 16 heavy (non-hydrogen) atoms. The molecule has 1 aromatic rings. The van der Waals surface area contributed by atoms with E-state index in [1.54, 1.807) is 0 Å². The monoisotopic (exact) mass is 223 g/mol. The topological polar surface area (TPSA) is 26.0 Å². The third-order valence-corrected chi connectivity index (χ3v) is 4.11. The fraction of sp³-hybridized carbons (Fsp3) is 0.538. The van der Waals surface area contributed by atoms with Crippen molar-refractivity contribution >= 4 is 0 Å². The van der Waals surface area contributed by atoms with Crippen molar-refractivity contribution in [3.63, 3.8) is 0 Å². The van der Waals surface area contributed by atoms with Crippen LogP contribution >= 0.6 is 0 Å². The lowest BCUT2D eigenvalue weighted by atomic mass is 9.89. The minimum absolute atomic E-state index is 0.333. The SMILES string of the molecule is NC(c1cc(F)ccc1F)C1CC2CC2C1. The van der Waals surface area contributed by atoms with Gasteiger partial charge in [0, 0.05) is 11.6 Å². The number of nitrogens with two attached hydrogens (primary N) is 1. The molecule has 0 amide bonds. The van der Waals surface area contributed by atoms with Gasteiger partial charge in [-0.3, -0.25) is 0 Å². The highest BCUT2D eigenvalue weighted by Crippen LogP contribution is 2.56. The first-order chi connectivity index (χ1) is 7.65. The molecule has 0 heterocycles. The summed E-state index contributed by atoms with van der Waals surface area (Å²) in [6.07, 6.45) is 3.48. The molecule has 0 aliphatic heterocycles. The summed E-state index contributed by atoms with van der Waals surface area (Å²) in [5, 5.41) is 0. The van der Waals surface area contributed by atoms with Gasteiger partial charge in [0.1, 0.15) is 11.6 Å². The first-order valence-electron chi connectivity index (χ1n) is 5.85. The molecule has 2 saturated carbocycles. The number of hydrogen-bond acceptors (Lipinski definition) is 1. The second-order valence-electron chi connectivity index (χ2n) is 5.18. The van der Waals surface area contributed by atoms with E-state index in [1.807, 2.05) is 0 Å². The summed E-state index contributed by atoms with van der Waals surface area (Å²) in [7, 11) is 0. The smallest absolute Gasteiger partial charge is 0.128 e. The van der Waals surface area contributed by atoms with Crippen LogP contribution in [0.15, 0.2) is 18.2 Å². The molecule has 0 saturated heterocycles. The number of hydrogen-bond donors (Lipinski definition) is 1. The zero-order valence-electron chi connectivity index (χ0n) is 9.00. The van der Waals surface area contributed by atoms with Crippen LogP contribution in [0.2, 0.25) is 0 Å². The number of halogens is 2. The summed E-state index contributed by atoms with van der Waals surface area (Å²) in [5.41, 5.74) is 6.39. The van der Waals surface area contributed by atoms with E-state index < -0.39 is 5.82 Å². The van der Waals surface area contributed by atoms with Gasteiger partial charge in [-0.25, -0.2) is 8.78 Å². The van der Waals surface area contributed by atoms with Crippen molar-refractivity contribution in [3.05, 3.63) is 35.4 Å². The quantitative estimate of drug-likeness (QED) is 0.819. The lowest BCUT2D eigenvalue weighted by Gasteiger charge is -2.21. The Bertz CT molecular complexity index is 408. The average molecular weight is 223 g/mol. The van der Waals surface area contributed by atoms with Gasteiger partial charge in [-0.1, -0.05) is 0 Å². The van der Waals surface area contributed by atoms with Gasteiger partial charge >= 0.3 is 0 Å². The van der Waals surface area contributed by atoms with Crippen LogP contribution in [-0.4, -0.2) is 0 Å². The predicted molar refractivity (Wildman–Crippen MR) is 57.6 cm³/mol. The minimum Gasteiger partial charge on any atom is -0.324 e. The van der Waals surface area contributed by atoms with Crippen LogP contribution in [-0.2, 0) is 0 Å². The molecule has 3 heteroatoms. The first-order valence-corrected chi connectivity index (χ1v) is 5.85. The van der Waals surface area contributed by atoms with E-state index in [2.05, 4.69) is 0 Å². The van der Waals surface area contributed by atoms with Crippen LogP contribution in [0.4, 0.5) is 8.78 Å². The van der Waals surface area contributed by atoms with Crippen molar-refractivity contribution in [2.75, 3.05) is 0 Å². The van der Waals surface area contributed by atoms with Crippen molar-refractivity contribution in [2.24, 2.45) is 23.5 Å². The van der Waals surface area contributed by atoms with E-state index in [0.29, 0.717) is 11.5 Å². The Labute approximate surface area is 93.6 Å². The molecule has 86 valence electrons. The van der Waals surface area contributed by atoms with Crippen molar-refractivity contribution < 1.29 is 8.78 Å². The average Bonchev–Trinajstić information content (AvgIpc) is 2.88. The largest absolute Gasteiger partial charge is 0.324 e. The van der Waals surface area contributed by atoms with Crippen molar-refractivity contribution in [3.8, 4) is 0 Å². The van der Waals surface area contributed by atoms with Crippen molar-refractivity contribution in [1.29, 1.82) is 0 Å². The van der Waals surface area contributed by atoms with Gasteiger partial charge in [0.15, 0.2) is 0 Å². The molecule has 2 N–H and O–H groups in total. The molecule has 2 aliphatic carbocycles. The Kier molecular flexibility index (Phi) is 2.25. The van der Waals surface area contributed by atoms with E-state index in [1.165, 1.54) is 18.6 Å². The third-order valence-electron chi connectivity index (χ3n) is 4.11. The lowest BCUT2D eigenvalue weighted by molar-refractivity contribution is 0.391. The highest BCUT2D eigenvalue weighted by Gasteiger charge is 2.47. The fourth-order valence-corrected chi connectivity index (χ4v) is 3.08. The van der Waals surface area contributed by atoms with Gasteiger partial charge in [-0.15, -0.1) is 0 Å². The standard InChI is InChI=1S/C13H15F2N/c14-10-1-2-12(15)11(6-10)13(16)9-4-7-3-8(7)5-9/h1-2,6-9,13H,3-5,16H2. The zero-order chi connectivity index (χ0) is 11.3. The Morgan fingerprint density at radius 1 is 1.12 bits per heavy atom. The second-order valence-corrected chi connectivity index (χ2v) is 5.18. The van der Waals surface area contributed by atoms with Gasteiger partial charge in [0.05, 0.1) is 0 Å². The molecule has 0 aromatic heterocycles. The number of rotatable bonds is 2. The van der Waals surface area contributed by atoms with Gasteiger partial charge in [-0.05, 0) is 55.2 Å². The Hall–Kier alpha value is -0.960. The summed E-state index contributed by atoms with van der Waals surface area (Å²) in [4.78, 5) is 0. The van der Waals surface area contributed by atoms with Gasteiger partial charge in [0.25, 0.3) is 0 Å². The Morgan fingerprint density at radius 2 is 1.81 bits per heavy atom. The van der Waals surface area contributed by atoms with Crippen molar-refractivity contribution in [2.45, 2.75) is 25.3 Å². The molecular formula is C13H15F2N. The van der Waals surface area contributed by atoms with Gasteiger partial charge < -0.3 is 5.73 Å². The Morgan fingerprint density at radius 3 is 2.50 bits per heavy atom. The van der Waals surface area contributed by atoms with Gasteiger partial charge in [-0.2, -0.15) is 0 Å². The van der Waals surface area contributed by atoms with Crippen molar-refractivity contribution in [1.82, 2.24) is 0 Å². The van der Waals surface area contributed by atoms with Crippen LogP contribution in [0.5, 0.6) is 0 Å². The molecule has 1 nitrogen and oxygen atoms in total. The van der Waals surface area contributed by atoms with Crippen LogP contribution in [0, 0.1) is 29.4 Å². The van der Waals surface area contributed by atoms with E-state index >= 15 is 0 Å². The summed E-state index contributed by atoms with van der Waals surface area (Å²) in [5.74, 6) is 1.17. The molecule has 3 unspecified atom stereocenters. The zero-order valence-corrected chi connectivity index (χ0v) is 9.00. The molecular weight excluding hydrogens is 208 g/mol. The maximum Gasteiger partial charge on any atom is 0.128 e.